The number of Topliss-reactive ketones (excluding diaryl/α,β-unsaturated/α-hetero) is 1. The first kappa shape index (κ1) is 22.3. The number of hydrogen-bond donors (Lipinski definition) is 0. The van der Waals surface area contributed by atoms with Crippen molar-refractivity contribution in [2.24, 2.45) is 0 Å². The topological polar surface area (TPSA) is 115 Å². The zero-order valence-corrected chi connectivity index (χ0v) is 18.0. The minimum atomic E-state index is -3.95. The Labute approximate surface area is 179 Å². The summed E-state index contributed by atoms with van der Waals surface area (Å²) in [6, 6.07) is 11.9. The van der Waals surface area contributed by atoms with Gasteiger partial charge >= 0.3 is 5.97 Å². The molecule has 0 aliphatic rings. The van der Waals surface area contributed by atoms with E-state index in [9.17, 15) is 22.8 Å². The fourth-order valence-corrected chi connectivity index (χ4v) is 4.06. The lowest BCUT2D eigenvalue weighted by molar-refractivity contribution is -0.145. The van der Waals surface area contributed by atoms with E-state index in [1.165, 1.54) is 48.7 Å². The third kappa shape index (κ3) is 4.86. The Morgan fingerprint density at radius 3 is 2.45 bits per heavy atom. The predicted octanol–water partition coefficient (Wildman–Crippen LogP) is 1.57. The van der Waals surface area contributed by atoms with E-state index < -0.39 is 22.5 Å². The number of ketones is 1. The highest BCUT2D eigenvalue weighted by atomic mass is 32.2. The van der Waals surface area contributed by atoms with Gasteiger partial charge in [-0.25, -0.2) is 13.4 Å². The normalized spacial score (nSPS) is 11.6. The molecule has 0 amide bonds. The molecule has 0 fully saturated rings. The highest BCUT2D eigenvalue weighted by Crippen LogP contribution is 2.15. The number of carbonyl (C=O) groups excluding carboxylic acids is 2. The van der Waals surface area contributed by atoms with Crippen LogP contribution in [0.25, 0.3) is 5.65 Å². The van der Waals surface area contributed by atoms with Crippen LogP contribution in [0.3, 0.4) is 0 Å². The van der Waals surface area contributed by atoms with Crippen LogP contribution in [0.4, 0.5) is 0 Å². The summed E-state index contributed by atoms with van der Waals surface area (Å²) in [7, 11) is -2.70. The number of aromatic nitrogens is 2. The summed E-state index contributed by atoms with van der Waals surface area (Å²) in [6.07, 6.45) is 0. The molecule has 0 atom stereocenters. The van der Waals surface area contributed by atoms with Gasteiger partial charge in [0.05, 0.1) is 10.6 Å². The number of carbonyl (C=O) groups is 2. The molecule has 0 unspecified atom stereocenters. The van der Waals surface area contributed by atoms with E-state index in [1.54, 1.807) is 25.1 Å². The van der Waals surface area contributed by atoms with Gasteiger partial charge in [-0.3, -0.25) is 18.8 Å². The van der Waals surface area contributed by atoms with Crippen LogP contribution < -0.4 is 5.56 Å². The second-order valence-electron chi connectivity index (χ2n) is 6.95. The van der Waals surface area contributed by atoms with Gasteiger partial charge in [0.2, 0.25) is 10.0 Å². The zero-order chi connectivity index (χ0) is 22.8. The lowest BCUT2D eigenvalue weighted by atomic mass is 10.2. The molecule has 0 radical (unpaired) electrons. The lowest BCUT2D eigenvalue weighted by Gasteiger charge is -2.16. The van der Waals surface area contributed by atoms with E-state index in [0.29, 0.717) is 11.2 Å². The summed E-state index contributed by atoms with van der Waals surface area (Å²) in [5.41, 5.74) is 1.49. The molecular formula is C21H21N3O6S. The molecule has 0 spiro atoms. The van der Waals surface area contributed by atoms with Gasteiger partial charge in [0, 0.05) is 24.4 Å². The number of fused-ring (bicyclic) bond motifs is 1. The van der Waals surface area contributed by atoms with E-state index in [4.69, 9.17) is 4.74 Å². The van der Waals surface area contributed by atoms with Crippen LogP contribution in [-0.2, 0) is 26.2 Å². The van der Waals surface area contributed by atoms with Crippen LogP contribution in [0.15, 0.2) is 58.2 Å². The van der Waals surface area contributed by atoms with E-state index >= 15 is 0 Å². The van der Waals surface area contributed by atoms with Crippen molar-refractivity contribution in [2.45, 2.75) is 25.3 Å². The third-order valence-electron chi connectivity index (χ3n) is 4.63. The molecule has 31 heavy (non-hydrogen) atoms. The number of hydrogen-bond acceptors (Lipinski definition) is 7. The number of sulfonamides is 1. The second-order valence-corrected chi connectivity index (χ2v) is 8.99. The second kappa shape index (κ2) is 8.78. The lowest BCUT2D eigenvalue weighted by Crippen LogP contribution is -2.33. The molecule has 0 bridgehead atoms. The first-order valence-corrected chi connectivity index (χ1v) is 10.7. The van der Waals surface area contributed by atoms with Crippen molar-refractivity contribution in [1.82, 2.24) is 13.7 Å². The Balaban J connectivity index is 1.67. The average Bonchev–Trinajstić information content (AvgIpc) is 2.72. The first-order valence-electron chi connectivity index (χ1n) is 9.31. The number of esters is 1. The molecule has 162 valence electrons. The van der Waals surface area contributed by atoms with Gasteiger partial charge < -0.3 is 4.74 Å². The van der Waals surface area contributed by atoms with Gasteiger partial charge in [-0.05, 0) is 38.1 Å². The van der Waals surface area contributed by atoms with Crippen LogP contribution in [-0.4, -0.2) is 47.5 Å². The van der Waals surface area contributed by atoms with E-state index in [2.05, 4.69) is 4.98 Å². The number of pyridine rings is 1. The maximum absolute atomic E-state index is 12.6. The number of nitrogens with zero attached hydrogens (tertiary/aromatic N) is 3. The molecule has 1 aromatic carbocycles. The summed E-state index contributed by atoms with van der Waals surface area (Å²) in [6.45, 7) is 2.37. The SMILES string of the molecule is CC(=O)c1ccc(S(=O)(=O)N(C)CC(=O)OCc2cc(=O)n3c(C)cccc3n2)cc1. The Bertz CT molecular complexity index is 1310. The zero-order valence-electron chi connectivity index (χ0n) is 17.2. The van der Waals surface area contributed by atoms with E-state index in [0.717, 1.165) is 10.00 Å². The van der Waals surface area contributed by atoms with Crippen molar-refractivity contribution in [2.75, 3.05) is 13.6 Å². The number of rotatable bonds is 7. The maximum atomic E-state index is 12.6. The van der Waals surface area contributed by atoms with Gasteiger partial charge in [-0.2, -0.15) is 4.31 Å². The Morgan fingerprint density at radius 1 is 1.13 bits per heavy atom. The molecule has 0 N–H and O–H groups in total. The molecule has 9 nitrogen and oxygen atoms in total. The van der Waals surface area contributed by atoms with E-state index in [1.807, 2.05) is 0 Å². The van der Waals surface area contributed by atoms with Crippen molar-refractivity contribution in [3.8, 4) is 0 Å². The summed E-state index contributed by atoms with van der Waals surface area (Å²) in [5, 5.41) is 0. The smallest absolute Gasteiger partial charge is 0.321 e. The van der Waals surface area contributed by atoms with Crippen LogP contribution in [0.5, 0.6) is 0 Å². The van der Waals surface area contributed by atoms with Crippen molar-refractivity contribution < 1.29 is 22.7 Å². The van der Waals surface area contributed by atoms with Crippen LogP contribution in [0.2, 0.25) is 0 Å². The molecule has 0 aliphatic carbocycles. The Kier molecular flexibility index (Phi) is 6.32. The molecule has 0 saturated carbocycles. The molecule has 2 aromatic heterocycles. The summed E-state index contributed by atoms with van der Waals surface area (Å²) in [5.74, 6) is -0.976. The van der Waals surface area contributed by atoms with Crippen molar-refractivity contribution >= 4 is 27.4 Å². The number of ether oxygens (including phenoxy) is 1. The average molecular weight is 443 g/mol. The molecular weight excluding hydrogens is 422 g/mol. The fourth-order valence-electron chi connectivity index (χ4n) is 2.95. The molecule has 2 heterocycles. The Hall–Kier alpha value is -3.37. The standard InChI is InChI=1S/C21H21N3O6S/c1-14-5-4-6-19-22-17(11-20(26)24(14)19)13-30-21(27)12-23(3)31(28,29)18-9-7-16(8-10-18)15(2)25/h4-11H,12-13H2,1-3H3. The van der Waals surface area contributed by atoms with Gasteiger partial charge in [0.1, 0.15) is 18.8 Å². The van der Waals surface area contributed by atoms with Crippen LogP contribution in [0, 0.1) is 6.92 Å². The summed E-state index contributed by atoms with van der Waals surface area (Å²) < 4.78 is 32.6. The van der Waals surface area contributed by atoms with Crippen LogP contribution in [0.1, 0.15) is 28.7 Å². The first-order chi connectivity index (χ1) is 14.6. The van der Waals surface area contributed by atoms with Crippen molar-refractivity contribution in [3.05, 3.63) is 75.8 Å². The van der Waals surface area contributed by atoms with E-state index in [-0.39, 0.29) is 28.5 Å². The minimum absolute atomic E-state index is 0.0487. The maximum Gasteiger partial charge on any atom is 0.321 e. The molecule has 3 rings (SSSR count). The van der Waals surface area contributed by atoms with Crippen LogP contribution >= 0.6 is 0 Å². The summed E-state index contributed by atoms with van der Waals surface area (Å²) in [4.78, 5) is 40.0. The third-order valence-corrected chi connectivity index (χ3v) is 6.45. The van der Waals surface area contributed by atoms with Gasteiger partial charge in [0.25, 0.3) is 5.56 Å². The quantitative estimate of drug-likeness (QED) is 0.402. The van der Waals surface area contributed by atoms with Crippen molar-refractivity contribution in [3.63, 3.8) is 0 Å². The molecule has 3 aromatic rings. The van der Waals surface area contributed by atoms with Gasteiger partial charge in [-0.15, -0.1) is 0 Å². The number of aryl methyl sites for hydroxylation is 1. The molecule has 10 heteroatoms. The van der Waals surface area contributed by atoms with Gasteiger partial charge in [0.15, 0.2) is 5.78 Å². The molecule has 0 aliphatic heterocycles. The summed E-state index contributed by atoms with van der Waals surface area (Å²) >= 11 is 0. The minimum Gasteiger partial charge on any atom is -0.458 e. The van der Waals surface area contributed by atoms with Gasteiger partial charge in [-0.1, -0.05) is 18.2 Å². The Morgan fingerprint density at radius 2 is 1.81 bits per heavy atom. The highest BCUT2D eigenvalue weighted by molar-refractivity contribution is 7.89. The molecule has 0 saturated heterocycles. The fraction of sp³-hybridized carbons (Fsp3) is 0.238. The largest absolute Gasteiger partial charge is 0.458 e. The monoisotopic (exact) mass is 443 g/mol. The highest BCUT2D eigenvalue weighted by Gasteiger charge is 2.24. The predicted molar refractivity (Wildman–Crippen MR) is 112 cm³/mol. The number of likely N-dealkylation sites (N-methyl/N-ethyl adjacent to an activating group) is 1. The number of benzene rings is 1. The van der Waals surface area contributed by atoms with Crippen molar-refractivity contribution in [1.29, 1.82) is 0 Å².